The lowest BCUT2D eigenvalue weighted by Gasteiger charge is -2.07. The lowest BCUT2D eigenvalue weighted by atomic mass is 10.2. The first kappa shape index (κ1) is 19.1. The van der Waals surface area contributed by atoms with Crippen LogP contribution in [0.4, 0.5) is 17.1 Å². The monoisotopic (exact) mass is 403 g/mol. The molecule has 1 amide bonds. The number of ether oxygens (including phenoxy) is 1. The Bertz CT molecular complexity index is 1080. The van der Waals surface area contributed by atoms with Crippen LogP contribution in [0.1, 0.15) is 0 Å². The molecule has 11 nitrogen and oxygen atoms in total. The minimum absolute atomic E-state index is 0.0524. The largest absolute Gasteiger partial charge is 0.496 e. The number of amides is 1. The molecule has 0 unspecified atom stereocenters. The number of anilines is 1. The number of nitro groups is 2. The van der Waals surface area contributed by atoms with Crippen LogP contribution in [0, 0.1) is 20.2 Å². The van der Waals surface area contributed by atoms with Crippen molar-refractivity contribution in [2.45, 2.75) is 5.16 Å². The minimum Gasteiger partial charge on any atom is -0.496 e. The molecule has 2 N–H and O–H groups in total. The number of methoxy groups -OCH3 is 1. The standard InChI is InChI=1S/C16H13N5O6S/c1-27-10-3-5-12(14(7-10)21(25)26)17-15(22)8-28-16-18-11-4-2-9(20(23)24)6-13(11)19-16/h2-7H,8H2,1H3,(H,17,22)(H,18,19). The highest BCUT2D eigenvalue weighted by molar-refractivity contribution is 7.99. The summed E-state index contributed by atoms with van der Waals surface area (Å²) >= 11 is 1.07. The number of carbonyl (C=O) groups is 1. The van der Waals surface area contributed by atoms with Crippen molar-refractivity contribution in [3.8, 4) is 5.75 Å². The molecule has 0 fully saturated rings. The number of nitrogens with zero attached hydrogens (tertiary/aromatic N) is 3. The summed E-state index contributed by atoms with van der Waals surface area (Å²) in [6.45, 7) is 0. The fraction of sp³-hybridized carbons (Fsp3) is 0.125. The summed E-state index contributed by atoms with van der Waals surface area (Å²) in [6.07, 6.45) is 0. The third-order valence-electron chi connectivity index (χ3n) is 3.67. The first-order valence-corrected chi connectivity index (χ1v) is 8.75. The van der Waals surface area contributed by atoms with Crippen molar-refractivity contribution in [3.63, 3.8) is 0 Å². The number of hydrogen-bond donors (Lipinski definition) is 2. The average molecular weight is 403 g/mol. The quantitative estimate of drug-likeness (QED) is 0.346. The number of H-pyrrole nitrogens is 1. The number of non-ortho nitro benzene ring substituents is 1. The van der Waals surface area contributed by atoms with E-state index in [1.165, 1.54) is 43.5 Å². The van der Waals surface area contributed by atoms with E-state index < -0.39 is 15.8 Å². The van der Waals surface area contributed by atoms with Gasteiger partial charge in [0.25, 0.3) is 11.4 Å². The van der Waals surface area contributed by atoms with Gasteiger partial charge < -0.3 is 15.0 Å². The number of benzene rings is 2. The molecule has 0 aliphatic carbocycles. The molecule has 0 bridgehead atoms. The molecule has 0 saturated carbocycles. The number of aromatic amines is 1. The van der Waals surface area contributed by atoms with E-state index in [0.29, 0.717) is 21.9 Å². The molecule has 0 atom stereocenters. The minimum atomic E-state index is -0.614. The lowest BCUT2D eigenvalue weighted by Crippen LogP contribution is -2.15. The smallest absolute Gasteiger partial charge is 0.296 e. The first-order valence-electron chi connectivity index (χ1n) is 7.76. The van der Waals surface area contributed by atoms with Crippen molar-refractivity contribution in [1.29, 1.82) is 0 Å². The molecular formula is C16H13N5O6S. The molecule has 144 valence electrons. The van der Waals surface area contributed by atoms with Gasteiger partial charge in [-0.15, -0.1) is 0 Å². The zero-order chi connectivity index (χ0) is 20.3. The fourth-order valence-electron chi connectivity index (χ4n) is 2.37. The summed E-state index contributed by atoms with van der Waals surface area (Å²) in [5, 5.41) is 24.9. The number of imidazole rings is 1. The zero-order valence-corrected chi connectivity index (χ0v) is 15.2. The van der Waals surface area contributed by atoms with Gasteiger partial charge in [0, 0.05) is 12.1 Å². The molecule has 3 aromatic rings. The van der Waals surface area contributed by atoms with E-state index in [0.717, 1.165) is 11.8 Å². The summed E-state index contributed by atoms with van der Waals surface area (Å²) < 4.78 is 4.95. The van der Waals surface area contributed by atoms with Crippen LogP contribution < -0.4 is 10.1 Å². The van der Waals surface area contributed by atoms with Crippen LogP contribution >= 0.6 is 11.8 Å². The van der Waals surface area contributed by atoms with Gasteiger partial charge in [-0.05, 0) is 18.2 Å². The van der Waals surface area contributed by atoms with Gasteiger partial charge in [0.1, 0.15) is 11.4 Å². The van der Waals surface area contributed by atoms with E-state index in [4.69, 9.17) is 4.74 Å². The molecule has 1 heterocycles. The Morgan fingerprint density at radius 3 is 2.68 bits per heavy atom. The van der Waals surface area contributed by atoms with E-state index in [9.17, 15) is 25.0 Å². The van der Waals surface area contributed by atoms with Crippen LogP contribution in [0.5, 0.6) is 5.75 Å². The van der Waals surface area contributed by atoms with E-state index in [2.05, 4.69) is 15.3 Å². The van der Waals surface area contributed by atoms with Gasteiger partial charge in [0.2, 0.25) is 5.91 Å². The van der Waals surface area contributed by atoms with Gasteiger partial charge in [-0.3, -0.25) is 25.0 Å². The molecule has 0 saturated heterocycles. The SMILES string of the molecule is COc1ccc(NC(=O)CSc2nc3ccc([N+](=O)[O-])cc3[nH]2)c([N+](=O)[O-])c1. The molecule has 28 heavy (non-hydrogen) atoms. The number of thioether (sulfide) groups is 1. The number of carbonyl (C=O) groups excluding carboxylic acids is 1. The maximum atomic E-state index is 12.2. The van der Waals surface area contributed by atoms with Gasteiger partial charge in [0.15, 0.2) is 5.16 Å². The maximum absolute atomic E-state index is 12.2. The fourth-order valence-corrected chi connectivity index (χ4v) is 3.06. The van der Waals surface area contributed by atoms with Crippen molar-refractivity contribution < 1.29 is 19.4 Å². The van der Waals surface area contributed by atoms with Crippen molar-refractivity contribution in [1.82, 2.24) is 9.97 Å². The second-order valence-corrected chi connectivity index (χ2v) is 6.44. The maximum Gasteiger partial charge on any atom is 0.296 e. The van der Waals surface area contributed by atoms with E-state index in [1.807, 2.05) is 0 Å². The topological polar surface area (TPSA) is 153 Å². The molecule has 0 spiro atoms. The van der Waals surface area contributed by atoms with Crippen LogP contribution in [0.3, 0.4) is 0 Å². The Morgan fingerprint density at radius 2 is 2.00 bits per heavy atom. The van der Waals surface area contributed by atoms with E-state index >= 15 is 0 Å². The summed E-state index contributed by atoms with van der Waals surface area (Å²) in [7, 11) is 1.38. The van der Waals surface area contributed by atoms with Crippen LogP contribution in [0.2, 0.25) is 0 Å². The van der Waals surface area contributed by atoms with Crippen LogP contribution in [-0.4, -0.2) is 38.6 Å². The van der Waals surface area contributed by atoms with Gasteiger partial charge in [-0.2, -0.15) is 0 Å². The van der Waals surface area contributed by atoms with Gasteiger partial charge >= 0.3 is 0 Å². The average Bonchev–Trinajstić information content (AvgIpc) is 3.08. The second kappa shape index (κ2) is 7.92. The summed E-state index contributed by atoms with van der Waals surface area (Å²) in [5.74, 6) is -0.231. The normalized spacial score (nSPS) is 10.6. The lowest BCUT2D eigenvalue weighted by molar-refractivity contribution is -0.384. The highest BCUT2D eigenvalue weighted by atomic mass is 32.2. The third kappa shape index (κ3) is 4.17. The van der Waals surface area contributed by atoms with Crippen molar-refractivity contribution >= 4 is 45.8 Å². The number of nitro benzene ring substituents is 2. The molecular weight excluding hydrogens is 390 g/mol. The molecule has 2 aromatic carbocycles. The Labute approximate surface area is 161 Å². The Balaban J connectivity index is 1.68. The van der Waals surface area contributed by atoms with Gasteiger partial charge in [0.05, 0.1) is 39.8 Å². The zero-order valence-electron chi connectivity index (χ0n) is 14.4. The number of rotatable bonds is 7. The molecule has 0 radical (unpaired) electrons. The molecule has 0 aliphatic heterocycles. The first-order chi connectivity index (χ1) is 13.4. The molecule has 12 heteroatoms. The van der Waals surface area contributed by atoms with Crippen LogP contribution in [0.15, 0.2) is 41.6 Å². The number of nitrogens with one attached hydrogen (secondary N) is 2. The molecule has 1 aromatic heterocycles. The molecule has 3 rings (SSSR count). The summed E-state index contributed by atoms with van der Waals surface area (Å²) in [5.41, 5.74) is 0.699. The third-order valence-corrected chi connectivity index (χ3v) is 4.54. The molecule has 0 aliphatic rings. The van der Waals surface area contributed by atoms with Crippen molar-refractivity contribution in [2.75, 3.05) is 18.2 Å². The van der Waals surface area contributed by atoms with E-state index in [-0.39, 0.29) is 22.8 Å². The van der Waals surface area contributed by atoms with Crippen molar-refractivity contribution in [2.24, 2.45) is 0 Å². The number of fused-ring (bicyclic) bond motifs is 1. The predicted molar refractivity (Wildman–Crippen MR) is 102 cm³/mol. The van der Waals surface area contributed by atoms with E-state index in [1.54, 1.807) is 0 Å². The second-order valence-electron chi connectivity index (χ2n) is 5.48. The Hall–Kier alpha value is -3.67. The summed E-state index contributed by atoms with van der Waals surface area (Å²) in [4.78, 5) is 40.1. The van der Waals surface area contributed by atoms with Crippen molar-refractivity contribution in [3.05, 3.63) is 56.6 Å². The van der Waals surface area contributed by atoms with Crippen LogP contribution in [-0.2, 0) is 4.79 Å². The predicted octanol–water partition coefficient (Wildman–Crippen LogP) is 3.12. The Morgan fingerprint density at radius 1 is 1.21 bits per heavy atom. The van der Waals surface area contributed by atoms with Gasteiger partial charge in [-0.25, -0.2) is 4.98 Å². The highest BCUT2D eigenvalue weighted by Crippen LogP contribution is 2.29. The number of hydrogen-bond acceptors (Lipinski definition) is 8. The summed E-state index contributed by atoms with van der Waals surface area (Å²) in [6, 6.07) is 8.31. The number of aromatic nitrogens is 2. The highest BCUT2D eigenvalue weighted by Gasteiger charge is 2.18. The van der Waals surface area contributed by atoms with Crippen LogP contribution in [0.25, 0.3) is 11.0 Å². The Kier molecular flexibility index (Phi) is 5.40. The van der Waals surface area contributed by atoms with Gasteiger partial charge in [-0.1, -0.05) is 11.8 Å².